The highest BCUT2D eigenvalue weighted by Crippen LogP contribution is 2.44. The van der Waals surface area contributed by atoms with Crippen molar-refractivity contribution in [2.75, 3.05) is 27.8 Å². The van der Waals surface area contributed by atoms with Crippen LogP contribution in [0.3, 0.4) is 0 Å². The minimum atomic E-state index is -1.00. The van der Waals surface area contributed by atoms with E-state index in [9.17, 15) is 27.2 Å². The number of nitrogens with two attached hydrogens (primary N) is 3. The molecule has 87 heavy (non-hydrogen) atoms. The number of nitrogens with one attached hydrogen (secondary N) is 2. The summed E-state index contributed by atoms with van der Waals surface area (Å²) in [5, 5.41) is 11.0. The fraction of sp³-hybridized carbons (Fsp3) is 0.270. The number of anilines is 5. The fourth-order valence-electron chi connectivity index (χ4n) is 11.8. The predicted octanol–water partition coefficient (Wildman–Crippen LogP) is 10.5. The Morgan fingerprint density at radius 2 is 1.16 bits per heavy atom. The number of benzene rings is 2. The number of nitrogen functional groups attached to an aromatic ring is 3. The highest BCUT2D eigenvalue weighted by molar-refractivity contribution is 6.07. The zero-order valence-corrected chi connectivity index (χ0v) is 47.8. The van der Waals surface area contributed by atoms with Crippen LogP contribution >= 0.6 is 0 Å². The molecule has 2 aliphatic carbocycles. The number of hydrogen-bond donors (Lipinski definition) is 5. The van der Waals surface area contributed by atoms with Crippen LogP contribution in [0, 0.1) is 29.2 Å². The number of halogens is 4. The number of nitrogens with zero attached hydrogens (tertiary/aromatic N) is 13. The number of carbonyl (C=O) groups is 2. The van der Waals surface area contributed by atoms with Crippen molar-refractivity contribution in [3.8, 4) is 34.6 Å². The highest BCUT2D eigenvalue weighted by Gasteiger charge is 2.44. The van der Waals surface area contributed by atoms with Gasteiger partial charge in [-0.1, -0.05) is 56.0 Å². The summed E-state index contributed by atoms with van der Waals surface area (Å²) < 4.78 is 61.3. The normalized spacial score (nSPS) is 15.7. The van der Waals surface area contributed by atoms with E-state index in [1.165, 1.54) is 31.7 Å². The summed E-state index contributed by atoms with van der Waals surface area (Å²) >= 11 is 0. The van der Waals surface area contributed by atoms with Crippen molar-refractivity contribution in [1.29, 1.82) is 0 Å². The molecular formula is C63H58F4N18O2. The zero-order valence-electron chi connectivity index (χ0n) is 47.8. The Labute approximate surface area is 494 Å². The second-order valence-electron chi connectivity index (χ2n) is 23.3. The summed E-state index contributed by atoms with van der Waals surface area (Å²) in [6.07, 6.45) is 15.4. The molecule has 4 aliphatic rings. The molecule has 2 aromatic carbocycles. The van der Waals surface area contributed by atoms with Crippen molar-refractivity contribution in [2.24, 2.45) is 5.92 Å². The monoisotopic (exact) mass is 1170 g/mol. The number of carbonyl (C=O) groups excluding carboxylic acids is 2. The van der Waals surface area contributed by atoms with Crippen LogP contribution in [0.4, 0.5) is 46.7 Å². The highest BCUT2D eigenvalue weighted by atomic mass is 19.1. The molecule has 0 bridgehead atoms. The number of rotatable bonds is 10. The molecule has 2 saturated carbocycles. The van der Waals surface area contributed by atoms with E-state index >= 15 is 0 Å². The molecule has 0 radical (unpaired) electrons. The molecule has 0 unspecified atom stereocenters. The van der Waals surface area contributed by atoms with E-state index in [1.807, 2.05) is 50.4 Å². The minimum Gasteiger partial charge on any atom is -0.383 e. The average molecular weight is 1180 g/mol. The van der Waals surface area contributed by atoms with Gasteiger partial charge in [-0.15, -0.1) is 0 Å². The van der Waals surface area contributed by atoms with Crippen LogP contribution in [0.25, 0.3) is 56.6 Å². The van der Waals surface area contributed by atoms with Gasteiger partial charge in [0.15, 0.2) is 23.1 Å². The van der Waals surface area contributed by atoms with Gasteiger partial charge in [0.05, 0.1) is 44.9 Å². The number of amides is 2. The second kappa shape index (κ2) is 21.7. The lowest BCUT2D eigenvalue weighted by atomic mass is 9.87. The lowest BCUT2D eigenvalue weighted by Gasteiger charge is -2.16. The lowest BCUT2D eigenvalue weighted by molar-refractivity contribution is -0.120. The third-order valence-electron chi connectivity index (χ3n) is 16.6. The topological polar surface area (TPSA) is 279 Å². The number of aromatic nitrogens is 13. The van der Waals surface area contributed by atoms with Gasteiger partial charge in [-0.05, 0) is 94.8 Å². The van der Waals surface area contributed by atoms with Crippen LogP contribution < -0.4 is 27.8 Å². The molecule has 11 aromatic rings. The van der Waals surface area contributed by atoms with Crippen LogP contribution in [0.1, 0.15) is 112 Å². The molecule has 8 N–H and O–H groups in total. The van der Waals surface area contributed by atoms with Gasteiger partial charge in [0.2, 0.25) is 11.8 Å². The molecule has 0 atom stereocenters. The van der Waals surface area contributed by atoms with Gasteiger partial charge in [0.1, 0.15) is 81.1 Å². The van der Waals surface area contributed by atoms with Crippen LogP contribution in [-0.4, -0.2) is 75.3 Å². The third-order valence-corrected chi connectivity index (χ3v) is 16.6. The average Bonchev–Trinajstić information content (AvgIpc) is 1.65. The summed E-state index contributed by atoms with van der Waals surface area (Å²) in [4.78, 5) is 65.4. The Morgan fingerprint density at radius 3 is 1.75 bits per heavy atom. The van der Waals surface area contributed by atoms with E-state index in [0.29, 0.717) is 110 Å². The van der Waals surface area contributed by atoms with E-state index in [1.54, 1.807) is 77.9 Å². The van der Waals surface area contributed by atoms with Crippen molar-refractivity contribution >= 4 is 63.0 Å². The van der Waals surface area contributed by atoms with E-state index in [-0.39, 0.29) is 47.8 Å². The van der Waals surface area contributed by atoms with E-state index < -0.39 is 28.3 Å². The predicted molar refractivity (Wildman–Crippen MR) is 320 cm³/mol. The Morgan fingerprint density at radius 1 is 0.598 bits per heavy atom. The van der Waals surface area contributed by atoms with Gasteiger partial charge in [-0.2, -0.15) is 5.10 Å². The smallest absolute Gasteiger partial charge is 0.235 e. The fourth-order valence-corrected chi connectivity index (χ4v) is 11.8. The first-order valence-electron chi connectivity index (χ1n) is 28.5. The molecule has 2 aliphatic heterocycles. The number of hydrogen-bond acceptors (Lipinski definition) is 15. The largest absolute Gasteiger partial charge is 0.383 e. The summed E-state index contributed by atoms with van der Waals surface area (Å²) in [5.41, 5.74) is 23.2. The Balaban J connectivity index is 0.000000121. The minimum absolute atomic E-state index is 0.114. The molecule has 2 amide bonds. The first-order valence-corrected chi connectivity index (χ1v) is 28.5. The van der Waals surface area contributed by atoms with Gasteiger partial charge in [-0.25, -0.2) is 67.1 Å². The quantitative estimate of drug-likeness (QED) is 0.0796. The number of pyridine rings is 3. The third kappa shape index (κ3) is 10.2. The SMILES string of the molecule is CC1(C)C(=O)Nc2nc(-c3nc(CC4CCCC4)n4ccccc34)nc(N)c21.CC1(C)C(=O)Nc2nc(-c3nc(Cc4c(F)cc(F)cc4F)n4ccccc34)nc(N)c21.Nc1nc(-c2nn(Cc3ccccc3F)c3ncccc23)ncc1C1CC1. The van der Waals surface area contributed by atoms with E-state index in [2.05, 4.69) is 60.0 Å². The Bertz CT molecular complexity index is 4560. The molecule has 0 saturated heterocycles. The maximum Gasteiger partial charge on any atom is 0.235 e. The second-order valence-corrected chi connectivity index (χ2v) is 23.3. The molecule has 20 nitrogen and oxygen atoms in total. The molecule has 15 rings (SSSR count). The van der Waals surface area contributed by atoms with Crippen molar-refractivity contribution < 1.29 is 27.2 Å². The molecule has 9 aromatic heterocycles. The lowest BCUT2D eigenvalue weighted by Crippen LogP contribution is -2.27. The molecule has 0 spiro atoms. The van der Waals surface area contributed by atoms with E-state index in [0.717, 1.165) is 41.6 Å². The summed E-state index contributed by atoms with van der Waals surface area (Å²) in [7, 11) is 0. The first-order chi connectivity index (χ1) is 41.8. The van der Waals surface area contributed by atoms with Gasteiger partial charge < -0.3 is 36.6 Å². The Hall–Kier alpha value is -10.3. The van der Waals surface area contributed by atoms with Gasteiger partial charge >= 0.3 is 0 Å². The maximum atomic E-state index is 14.2. The molecule has 2 fully saturated rings. The van der Waals surface area contributed by atoms with E-state index in [4.69, 9.17) is 22.2 Å². The molecule has 440 valence electrons. The van der Waals surface area contributed by atoms with Crippen LogP contribution in [0.5, 0.6) is 0 Å². The maximum absolute atomic E-state index is 14.2. The number of fused-ring (bicyclic) bond motifs is 5. The summed E-state index contributed by atoms with van der Waals surface area (Å²) in [5.74, 6) is 1.72. The summed E-state index contributed by atoms with van der Waals surface area (Å²) in [6, 6.07) is 22.9. The van der Waals surface area contributed by atoms with Crippen molar-refractivity contribution in [1.82, 2.24) is 63.4 Å². The van der Waals surface area contributed by atoms with Crippen molar-refractivity contribution in [3.05, 3.63) is 172 Å². The van der Waals surface area contributed by atoms with Gasteiger partial charge in [0.25, 0.3) is 0 Å². The van der Waals surface area contributed by atoms with Crippen LogP contribution in [-0.2, 0) is 39.8 Å². The summed E-state index contributed by atoms with van der Waals surface area (Å²) in [6.45, 7) is 7.39. The standard InChI is InChI=1S/C22H17F3N6O.C21H24N6O.C20H17FN6/c1-22(2)16-18(26)28-20(29-19(16)30-21(22)32)17-14-5-3-4-6-31(14)15(27-17)9-11-12(24)7-10(23)8-13(11)25;1-21(2)15-17(22)24-19(25-18(15)26-20(21)28)16-13-9-5-6-10-27(13)14(23-16)11-12-7-3-4-8-12;21-16-6-2-1-4-13(16)11-27-20-14(5-3-9-23-20)17(26-27)19-24-10-15(12-7-8-12)18(22)25-19/h3-8H,9H2,1-2H3,(H3,26,28,29,30,32);5-6,9-10,12H,3-4,7-8,11H2,1-2H3,(H3,22,24,25,26,28);1-6,9-10,12H,7-8,11H2,(H2,22,24,25). The van der Waals surface area contributed by atoms with Crippen molar-refractivity contribution in [3.63, 3.8) is 0 Å². The van der Waals surface area contributed by atoms with Crippen LogP contribution in [0.2, 0.25) is 0 Å². The van der Waals surface area contributed by atoms with Crippen molar-refractivity contribution in [2.45, 2.75) is 102 Å². The molecule has 24 heteroatoms. The molecular weight excluding hydrogens is 1120 g/mol. The molecule has 11 heterocycles. The first kappa shape index (κ1) is 55.9. The van der Waals surface area contributed by atoms with Gasteiger partial charge in [0, 0.05) is 66.5 Å². The number of imidazole rings is 2. The van der Waals surface area contributed by atoms with Gasteiger partial charge in [-0.3, -0.25) is 9.59 Å². The van der Waals surface area contributed by atoms with Crippen LogP contribution in [0.15, 0.2) is 110 Å². The Kier molecular flexibility index (Phi) is 13.9. The zero-order chi connectivity index (χ0) is 60.6.